The molecule has 1 saturated heterocycles. The lowest BCUT2D eigenvalue weighted by molar-refractivity contribution is -0.0761. The lowest BCUT2D eigenvalue weighted by Crippen LogP contribution is -2.52. The SMILES string of the molecule is CCNC(C)c1nnc(N2CC(C)OC(C)(C)C2)o1. The molecule has 6 heteroatoms. The van der Waals surface area contributed by atoms with Crippen molar-refractivity contribution < 1.29 is 9.15 Å². The molecule has 6 nitrogen and oxygen atoms in total. The topological polar surface area (TPSA) is 63.4 Å². The monoisotopic (exact) mass is 268 g/mol. The molecule has 0 amide bonds. The molecule has 1 aromatic rings. The fourth-order valence-corrected chi connectivity index (χ4v) is 2.52. The van der Waals surface area contributed by atoms with E-state index in [-0.39, 0.29) is 17.7 Å². The first kappa shape index (κ1) is 14.3. The molecule has 1 aliphatic rings. The number of aromatic nitrogens is 2. The van der Waals surface area contributed by atoms with Crippen LogP contribution in [0.25, 0.3) is 0 Å². The van der Waals surface area contributed by atoms with E-state index in [1.165, 1.54) is 0 Å². The summed E-state index contributed by atoms with van der Waals surface area (Å²) in [6, 6.07) is 0.667. The molecule has 2 rings (SSSR count). The van der Waals surface area contributed by atoms with Gasteiger partial charge >= 0.3 is 6.01 Å². The molecule has 0 spiro atoms. The first-order valence-corrected chi connectivity index (χ1v) is 6.91. The maximum Gasteiger partial charge on any atom is 0.318 e. The maximum absolute atomic E-state index is 5.87. The summed E-state index contributed by atoms with van der Waals surface area (Å²) in [4.78, 5) is 2.10. The third kappa shape index (κ3) is 3.45. The normalized spacial score (nSPS) is 24.5. The number of hydrogen-bond acceptors (Lipinski definition) is 6. The summed E-state index contributed by atoms with van der Waals surface area (Å²) >= 11 is 0. The minimum atomic E-state index is -0.195. The van der Waals surface area contributed by atoms with Crippen molar-refractivity contribution in [3.05, 3.63) is 5.89 Å². The minimum Gasteiger partial charge on any atom is -0.406 e. The maximum atomic E-state index is 5.87. The van der Waals surface area contributed by atoms with Crippen molar-refractivity contribution in [2.45, 2.75) is 52.4 Å². The van der Waals surface area contributed by atoms with Crippen LogP contribution in [0.4, 0.5) is 6.01 Å². The minimum absolute atomic E-state index is 0.0812. The first-order chi connectivity index (χ1) is 8.91. The summed E-state index contributed by atoms with van der Waals surface area (Å²) in [5, 5.41) is 11.5. The zero-order valence-electron chi connectivity index (χ0n) is 12.4. The van der Waals surface area contributed by atoms with Gasteiger partial charge in [0.15, 0.2) is 0 Å². The molecule has 1 fully saturated rings. The lowest BCUT2D eigenvalue weighted by atomic mass is 10.1. The van der Waals surface area contributed by atoms with Crippen LogP contribution in [0.3, 0.4) is 0 Å². The summed E-state index contributed by atoms with van der Waals surface area (Å²) in [5.41, 5.74) is -0.195. The molecule has 1 N–H and O–H groups in total. The molecule has 108 valence electrons. The fourth-order valence-electron chi connectivity index (χ4n) is 2.52. The highest BCUT2D eigenvalue weighted by Crippen LogP contribution is 2.26. The standard InChI is InChI=1S/C13H24N4O2/c1-6-14-10(3)11-15-16-12(18-11)17-7-9(2)19-13(4,5)8-17/h9-10,14H,6-8H2,1-5H3. The number of morpholine rings is 1. The summed E-state index contributed by atoms with van der Waals surface area (Å²) in [5.74, 6) is 0.633. The number of nitrogens with one attached hydrogen (secondary N) is 1. The Balaban J connectivity index is 2.09. The Kier molecular flexibility index (Phi) is 4.10. The van der Waals surface area contributed by atoms with Gasteiger partial charge in [0.05, 0.1) is 24.3 Å². The molecule has 0 bridgehead atoms. The highest BCUT2D eigenvalue weighted by atomic mass is 16.5. The average Bonchev–Trinajstić information content (AvgIpc) is 2.75. The van der Waals surface area contributed by atoms with Gasteiger partial charge in [0.1, 0.15) is 0 Å². The van der Waals surface area contributed by atoms with Crippen molar-refractivity contribution in [3.63, 3.8) is 0 Å². The number of nitrogens with zero attached hydrogens (tertiary/aromatic N) is 3. The summed E-state index contributed by atoms with van der Waals surface area (Å²) in [7, 11) is 0. The average molecular weight is 268 g/mol. The Morgan fingerprint density at radius 2 is 2.21 bits per heavy atom. The van der Waals surface area contributed by atoms with Gasteiger partial charge in [-0.05, 0) is 34.2 Å². The first-order valence-electron chi connectivity index (χ1n) is 6.91. The van der Waals surface area contributed by atoms with E-state index in [0.717, 1.165) is 19.6 Å². The largest absolute Gasteiger partial charge is 0.406 e. The molecule has 0 aliphatic carbocycles. The van der Waals surface area contributed by atoms with Crippen LogP contribution in [0.1, 0.15) is 46.6 Å². The van der Waals surface area contributed by atoms with E-state index in [2.05, 4.69) is 48.1 Å². The molecule has 2 atom stereocenters. The second-order valence-corrected chi connectivity index (χ2v) is 5.77. The lowest BCUT2D eigenvalue weighted by Gasteiger charge is -2.40. The Morgan fingerprint density at radius 3 is 2.84 bits per heavy atom. The Labute approximate surface area is 114 Å². The van der Waals surface area contributed by atoms with Crippen molar-refractivity contribution in [2.24, 2.45) is 0 Å². The van der Waals surface area contributed by atoms with Gasteiger partial charge in [0.2, 0.25) is 5.89 Å². The zero-order valence-corrected chi connectivity index (χ0v) is 12.4. The zero-order chi connectivity index (χ0) is 14.0. The predicted molar refractivity (Wildman–Crippen MR) is 73.2 cm³/mol. The van der Waals surface area contributed by atoms with E-state index < -0.39 is 0 Å². The number of ether oxygens (including phenoxy) is 1. The second kappa shape index (κ2) is 5.46. The summed E-state index contributed by atoms with van der Waals surface area (Å²) in [6.45, 7) is 12.7. The van der Waals surface area contributed by atoms with E-state index in [9.17, 15) is 0 Å². The Morgan fingerprint density at radius 1 is 1.47 bits per heavy atom. The second-order valence-electron chi connectivity index (χ2n) is 5.77. The van der Waals surface area contributed by atoms with Crippen molar-refractivity contribution in [1.82, 2.24) is 15.5 Å². The molecule has 2 unspecified atom stereocenters. The predicted octanol–water partition coefficient (Wildman–Crippen LogP) is 1.74. The van der Waals surface area contributed by atoms with Gasteiger partial charge in [-0.3, -0.25) is 0 Å². The summed E-state index contributed by atoms with van der Waals surface area (Å²) < 4.78 is 11.6. The molecule has 0 radical (unpaired) electrons. The van der Waals surface area contributed by atoms with Gasteiger partial charge in [-0.15, -0.1) is 5.10 Å². The van der Waals surface area contributed by atoms with Crippen LogP contribution in [0.5, 0.6) is 0 Å². The summed E-state index contributed by atoms with van der Waals surface area (Å²) in [6.07, 6.45) is 0.158. The van der Waals surface area contributed by atoms with Crippen LogP contribution in [0.15, 0.2) is 4.42 Å². The molecule has 19 heavy (non-hydrogen) atoms. The third-order valence-electron chi connectivity index (χ3n) is 3.15. The smallest absolute Gasteiger partial charge is 0.318 e. The van der Waals surface area contributed by atoms with Gasteiger partial charge in [0, 0.05) is 6.54 Å². The van der Waals surface area contributed by atoms with E-state index in [4.69, 9.17) is 9.15 Å². The van der Waals surface area contributed by atoms with E-state index >= 15 is 0 Å². The highest BCUT2D eigenvalue weighted by Gasteiger charge is 2.33. The van der Waals surface area contributed by atoms with E-state index in [0.29, 0.717) is 11.9 Å². The number of anilines is 1. The molecule has 0 saturated carbocycles. The van der Waals surface area contributed by atoms with Crippen molar-refractivity contribution in [1.29, 1.82) is 0 Å². The number of rotatable bonds is 4. The van der Waals surface area contributed by atoms with Crippen LogP contribution in [0, 0.1) is 0 Å². The van der Waals surface area contributed by atoms with E-state index in [1.807, 2.05) is 6.92 Å². The van der Waals surface area contributed by atoms with Gasteiger partial charge in [-0.2, -0.15) is 0 Å². The molecule has 0 aromatic carbocycles. The van der Waals surface area contributed by atoms with Gasteiger partial charge in [-0.25, -0.2) is 0 Å². The van der Waals surface area contributed by atoms with Crippen LogP contribution in [-0.2, 0) is 4.74 Å². The van der Waals surface area contributed by atoms with E-state index in [1.54, 1.807) is 0 Å². The molecule has 1 aliphatic heterocycles. The van der Waals surface area contributed by atoms with Crippen LogP contribution in [0.2, 0.25) is 0 Å². The number of hydrogen-bond donors (Lipinski definition) is 1. The van der Waals surface area contributed by atoms with Crippen LogP contribution < -0.4 is 10.2 Å². The fraction of sp³-hybridized carbons (Fsp3) is 0.846. The van der Waals surface area contributed by atoms with Crippen LogP contribution in [-0.4, -0.2) is 41.5 Å². The quantitative estimate of drug-likeness (QED) is 0.897. The molecule has 1 aromatic heterocycles. The third-order valence-corrected chi connectivity index (χ3v) is 3.15. The van der Waals surface area contributed by atoms with Crippen molar-refractivity contribution >= 4 is 6.01 Å². The molecular weight excluding hydrogens is 244 g/mol. The van der Waals surface area contributed by atoms with Crippen molar-refractivity contribution in [3.8, 4) is 0 Å². The van der Waals surface area contributed by atoms with Crippen molar-refractivity contribution in [2.75, 3.05) is 24.5 Å². The van der Waals surface area contributed by atoms with Gasteiger partial charge in [0.25, 0.3) is 0 Å². The molecule has 2 heterocycles. The molecular formula is C13H24N4O2. The van der Waals surface area contributed by atoms with Gasteiger partial charge in [-0.1, -0.05) is 12.0 Å². The van der Waals surface area contributed by atoms with Gasteiger partial charge < -0.3 is 19.4 Å². The van der Waals surface area contributed by atoms with Crippen LogP contribution >= 0.6 is 0 Å². The Hall–Kier alpha value is -1.14. The Bertz CT molecular complexity index is 419. The highest BCUT2D eigenvalue weighted by molar-refractivity contribution is 5.27.